The number of halogens is 1. The highest BCUT2D eigenvalue weighted by atomic mass is 35.5. The van der Waals surface area contributed by atoms with Crippen molar-refractivity contribution < 1.29 is 14.3 Å². The van der Waals surface area contributed by atoms with Gasteiger partial charge in [-0.1, -0.05) is 18.0 Å². The van der Waals surface area contributed by atoms with Gasteiger partial charge in [-0.3, -0.25) is 4.79 Å². The van der Waals surface area contributed by atoms with Gasteiger partial charge < -0.3 is 14.8 Å². The molecule has 20 heavy (non-hydrogen) atoms. The maximum Gasteiger partial charge on any atom is 0.223 e. The van der Waals surface area contributed by atoms with Crippen LogP contribution in [0.5, 0.6) is 11.5 Å². The van der Waals surface area contributed by atoms with Crippen LogP contribution >= 0.6 is 11.6 Å². The van der Waals surface area contributed by atoms with E-state index in [1.807, 2.05) is 12.1 Å². The van der Waals surface area contributed by atoms with Gasteiger partial charge in [-0.25, -0.2) is 0 Å². The lowest BCUT2D eigenvalue weighted by Gasteiger charge is -2.24. The fourth-order valence-corrected chi connectivity index (χ4v) is 2.74. The number of benzene rings is 1. The monoisotopic (exact) mass is 295 g/mol. The number of amides is 1. The van der Waals surface area contributed by atoms with Gasteiger partial charge in [0.15, 0.2) is 11.5 Å². The number of hydrogen-bond acceptors (Lipinski definition) is 3. The number of carbonyl (C=O) groups is 1. The van der Waals surface area contributed by atoms with Crippen molar-refractivity contribution in [3.63, 3.8) is 0 Å². The number of fused-ring (bicyclic) bond motifs is 1. The molecule has 0 saturated heterocycles. The summed E-state index contributed by atoms with van der Waals surface area (Å²) in [6.07, 6.45) is 3.98. The first-order valence-electron chi connectivity index (χ1n) is 7.10. The minimum atomic E-state index is 0.180. The Hall–Kier alpha value is -1.42. The molecule has 1 heterocycles. The SMILES string of the molecule is O=C(NCCc1cc(Cl)c2c(c1)OCCO2)C1CCC1. The molecule has 1 aromatic rings. The van der Waals surface area contributed by atoms with Crippen LogP contribution < -0.4 is 14.8 Å². The average Bonchev–Trinajstić information content (AvgIpc) is 2.37. The Morgan fingerprint density at radius 3 is 2.85 bits per heavy atom. The van der Waals surface area contributed by atoms with Crippen molar-refractivity contribution in [3.8, 4) is 11.5 Å². The number of ether oxygens (including phenoxy) is 2. The fraction of sp³-hybridized carbons (Fsp3) is 0.533. The minimum Gasteiger partial charge on any atom is -0.486 e. The van der Waals surface area contributed by atoms with Crippen LogP contribution in [0.1, 0.15) is 24.8 Å². The van der Waals surface area contributed by atoms with E-state index in [1.165, 1.54) is 6.42 Å². The Morgan fingerprint density at radius 1 is 1.30 bits per heavy atom. The third kappa shape index (κ3) is 2.85. The molecule has 5 heteroatoms. The van der Waals surface area contributed by atoms with Crippen molar-refractivity contribution in [2.45, 2.75) is 25.7 Å². The Labute approximate surface area is 123 Å². The minimum absolute atomic E-state index is 0.180. The van der Waals surface area contributed by atoms with Gasteiger partial charge in [0.25, 0.3) is 0 Å². The zero-order valence-electron chi connectivity index (χ0n) is 11.3. The van der Waals surface area contributed by atoms with Gasteiger partial charge in [0.2, 0.25) is 5.91 Å². The van der Waals surface area contributed by atoms with Crippen LogP contribution in [-0.4, -0.2) is 25.7 Å². The number of rotatable bonds is 4. The Morgan fingerprint density at radius 2 is 2.10 bits per heavy atom. The first-order valence-corrected chi connectivity index (χ1v) is 7.47. The summed E-state index contributed by atoms with van der Waals surface area (Å²) < 4.78 is 11.0. The van der Waals surface area contributed by atoms with E-state index < -0.39 is 0 Å². The van der Waals surface area contributed by atoms with Gasteiger partial charge in [0.1, 0.15) is 13.2 Å². The normalized spacial score (nSPS) is 17.4. The van der Waals surface area contributed by atoms with E-state index in [2.05, 4.69) is 5.32 Å². The van der Waals surface area contributed by atoms with E-state index in [1.54, 1.807) is 0 Å². The molecule has 0 spiro atoms. The first kappa shape index (κ1) is 13.6. The summed E-state index contributed by atoms with van der Waals surface area (Å²) in [6.45, 7) is 1.71. The molecule has 0 radical (unpaired) electrons. The zero-order valence-corrected chi connectivity index (χ0v) is 12.0. The second-order valence-electron chi connectivity index (χ2n) is 5.27. The van der Waals surface area contributed by atoms with Crippen molar-refractivity contribution in [1.82, 2.24) is 5.32 Å². The molecule has 1 fully saturated rings. The molecule has 4 nitrogen and oxygen atoms in total. The zero-order chi connectivity index (χ0) is 13.9. The van der Waals surface area contributed by atoms with Gasteiger partial charge in [0.05, 0.1) is 5.02 Å². The predicted molar refractivity (Wildman–Crippen MR) is 76.5 cm³/mol. The standard InChI is InChI=1S/C15H18ClNO3/c16-12-8-10(9-13-14(12)20-7-6-19-13)4-5-17-15(18)11-2-1-3-11/h8-9,11H,1-7H2,(H,17,18). The molecule has 108 valence electrons. The molecule has 3 rings (SSSR count). The van der Waals surface area contributed by atoms with E-state index in [0.29, 0.717) is 36.3 Å². The summed E-state index contributed by atoms with van der Waals surface area (Å²) in [5.41, 5.74) is 1.05. The van der Waals surface area contributed by atoms with E-state index >= 15 is 0 Å². The molecule has 2 aliphatic rings. The fourth-order valence-electron chi connectivity index (χ4n) is 2.45. The second kappa shape index (κ2) is 5.92. The average molecular weight is 296 g/mol. The Bertz CT molecular complexity index is 514. The van der Waals surface area contributed by atoms with Crippen LogP contribution in [0.2, 0.25) is 5.02 Å². The Balaban J connectivity index is 1.57. The topological polar surface area (TPSA) is 47.6 Å². The largest absolute Gasteiger partial charge is 0.486 e. The molecule has 0 bridgehead atoms. The summed E-state index contributed by atoms with van der Waals surface area (Å²) in [5, 5.41) is 3.55. The molecule has 0 unspecified atom stereocenters. The van der Waals surface area contributed by atoms with Gasteiger partial charge in [-0.2, -0.15) is 0 Å². The number of hydrogen-bond donors (Lipinski definition) is 1. The third-order valence-corrected chi connectivity index (χ3v) is 4.13. The van der Waals surface area contributed by atoms with Crippen LogP contribution in [0.15, 0.2) is 12.1 Å². The van der Waals surface area contributed by atoms with Crippen LogP contribution in [0.4, 0.5) is 0 Å². The van der Waals surface area contributed by atoms with Crippen molar-refractivity contribution in [1.29, 1.82) is 0 Å². The molecule has 1 aliphatic carbocycles. The summed E-state index contributed by atoms with van der Waals surface area (Å²) in [7, 11) is 0. The van der Waals surface area contributed by atoms with Crippen LogP contribution in [0.3, 0.4) is 0 Å². The van der Waals surface area contributed by atoms with Gasteiger partial charge >= 0.3 is 0 Å². The van der Waals surface area contributed by atoms with Crippen molar-refractivity contribution in [2.24, 2.45) is 5.92 Å². The number of carbonyl (C=O) groups excluding carboxylic acids is 1. The van der Waals surface area contributed by atoms with Crippen LogP contribution in [0.25, 0.3) is 0 Å². The van der Waals surface area contributed by atoms with Crippen LogP contribution in [-0.2, 0) is 11.2 Å². The molecule has 1 saturated carbocycles. The molecule has 0 aromatic heterocycles. The molecule has 0 atom stereocenters. The Kier molecular flexibility index (Phi) is 4.01. The van der Waals surface area contributed by atoms with E-state index in [0.717, 1.165) is 24.8 Å². The van der Waals surface area contributed by atoms with Gasteiger partial charge in [0, 0.05) is 12.5 Å². The van der Waals surface area contributed by atoms with E-state index in [-0.39, 0.29) is 11.8 Å². The smallest absolute Gasteiger partial charge is 0.223 e. The summed E-state index contributed by atoms with van der Waals surface area (Å²) in [4.78, 5) is 11.7. The van der Waals surface area contributed by atoms with Crippen molar-refractivity contribution in [2.75, 3.05) is 19.8 Å². The maximum absolute atomic E-state index is 11.7. The molecule has 1 aromatic carbocycles. The van der Waals surface area contributed by atoms with E-state index in [4.69, 9.17) is 21.1 Å². The summed E-state index contributed by atoms with van der Waals surface area (Å²) in [5.74, 6) is 1.74. The highest BCUT2D eigenvalue weighted by Crippen LogP contribution is 2.38. The summed E-state index contributed by atoms with van der Waals surface area (Å²) in [6, 6.07) is 3.82. The highest BCUT2D eigenvalue weighted by molar-refractivity contribution is 6.32. The quantitative estimate of drug-likeness (QED) is 0.929. The number of nitrogens with one attached hydrogen (secondary N) is 1. The summed E-state index contributed by atoms with van der Waals surface area (Å²) >= 11 is 6.18. The third-order valence-electron chi connectivity index (χ3n) is 3.85. The molecule has 1 amide bonds. The molecular formula is C15H18ClNO3. The van der Waals surface area contributed by atoms with Gasteiger partial charge in [-0.05, 0) is 37.0 Å². The molecular weight excluding hydrogens is 278 g/mol. The lowest BCUT2D eigenvalue weighted by Crippen LogP contribution is -2.35. The molecule has 1 aliphatic heterocycles. The lowest BCUT2D eigenvalue weighted by molar-refractivity contribution is -0.127. The first-order chi connectivity index (χ1) is 9.74. The van der Waals surface area contributed by atoms with E-state index in [9.17, 15) is 4.79 Å². The van der Waals surface area contributed by atoms with Crippen LogP contribution in [0, 0.1) is 5.92 Å². The highest BCUT2D eigenvalue weighted by Gasteiger charge is 2.24. The second-order valence-corrected chi connectivity index (χ2v) is 5.68. The maximum atomic E-state index is 11.7. The van der Waals surface area contributed by atoms with Crippen molar-refractivity contribution in [3.05, 3.63) is 22.7 Å². The van der Waals surface area contributed by atoms with Crippen molar-refractivity contribution >= 4 is 17.5 Å². The predicted octanol–water partition coefficient (Wildman–Crippen LogP) is 2.57. The molecule has 1 N–H and O–H groups in total. The van der Waals surface area contributed by atoms with Gasteiger partial charge in [-0.15, -0.1) is 0 Å². The lowest BCUT2D eigenvalue weighted by atomic mass is 9.85.